The highest BCUT2D eigenvalue weighted by Gasteiger charge is 2.11. The maximum absolute atomic E-state index is 11.9. The van der Waals surface area contributed by atoms with Gasteiger partial charge in [-0.3, -0.25) is 4.98 Å². The van der Waals surface area contributed by atoms with E-state index in [9.17, 15) is 9.59 Å². The molecule has 0 saturated heterocycles. The molecule has 0 saturated carbocycles. The van der Waals surface area contributed by atoms with E-state index in [1.807, 2.05) is 0 Å². The molecule has 2 heterocycles. The first-order valence-corrected chi connectivity index (χ1v) is 6.21. The van der Waals surface area contributed by atoms with Crippen LogP contribution in [0.1, 0.15) is 21.9 Å². The summed E-state index contributed by atoms with van der Waals surface area (Å²) in [6.45, 7) is 0.504. The number of aromatic carboxylic acids is 1. The number of rotatable bonds is 5. The maximum atomic E-state index is 11.9. The lowest BCUT2D eigenvalue weighted by Gasteiger charge is -2.16. The standard InChI is InChI=1S/C13H15N5O3/c1-18(8-11-15-4-5-16-11)13(21)17-7-10-6-9(12(19)20)2-3-14-10/h2-6H,7-8H2,1H3,(H,15,16)(H,17,21)(H,19,20). The van der Waals surface area contributed by atoms with E-state index < -0.39 is 5.97 Å². The Kier molecular flexibility index (Phi) is 4.50. The Bertz CT molecular complexity index is 626. The maximum Gasteiger partial charge on any atom is 0.335 e. The molecule has 0 radical (unpaired) electrons. The number of urea groups is 1. The number of H-pyrrole nitrogens is 1. The number of carbonyl (C=O) groups is 2. The SMILES string of the molecule is CN(Cc1ncc[nH]1)C(=O)NCc1cc(C(=O)O)ccn1. The number of nitrogens with one attached hydrogen (secondary N) is 2. The predicted octanol–water partition coefficient (Wildman–Crippen LogP) is 0.844. The molecule has 0 aromatic carbocycles. The van der Waals surface area contributed by atoms with Crippen molar-refractivity contribution in [3.8, 4) is 0 Å². The van der Waals surface area contributed by atoms with Crippen molar-refractivity contribution in [3.63, 3.8) is 0 Å². The van der Waals surface area contributed by atoms with Gasteiger partial charge >= 0.3 is 12.0 Å². The number of hydrogen-bond donors (Lipinski definition) is 3. The number of hydrogen-bond acceptors (Lipinski definition) is 4. The van der Waals surface area contributed by atoms with Gasteiger partial charge in [-0.05, 0) is 12.1 Å². The van der Waals surface area contributed by atoms with E-state index in [0.717, 1.165) is 0 Å². The van der Waals surface area contributed by atoms with Gasteiger partial charge in [-0.2, -0.15) is 0 Å². The van der Waals surface area contributed by atoms with Crippen molar-refractivity contribution >= 4 is 12.0 Å². The van der Waals surface area contributed by atoms with Crippen LogP contribution in [0.15, 0.2) is 30.7 Å². The Morgan fingerprint density at radius 2 is 2.19 bits per heavy atom. The summed E-state index contributed by atoms with van der Waals surface area (Å²) in [6, 6.07) is 2.53. The molecule has 0 bridgehead atoms. The van der Waals surface area contributed by atoms with Crippen molar-refractivity contribution in [3.05, 3.63) is 47.8 Å². The molecule has 21 heavy (non-hydrogen) atoms. The molecule has 0 aliphatic rings. The van der Waals surface area contributed by atoms with E-state index in [1.54, 1.807) is 19.4 Å². The lowest BCUT2D eigenvalue weighted by atomic mass is 10.2. The average molecular weight is 289 g/mol. The molecule has 3 N–H and O–H groups in total. The first kappa shape index (κ1) is 14.5. The van der Waals surface area contributed by atoms with Crippen LogP contribution in [0.2, 0.25) is 0 Å². The predicted molar refractivity (Wildman–Crippen MR) is 73.5 cm³/mol. The van der Waals surface area contributed by atoms with Gasteiger partial charge in [0.2, 0.25) is 0 Å². The summed E-state index contributed by atoms with van der Waals surface area (Å²) >= 11 is 0. The average Bonchev–Trinajstić information content (AvgIpc) is 2.97. The Labute approximate surface area is 120 Å². The van der Waals surface area contributed by atoms with Crippen LogP contribution in [0, 0.1) is 0 Å². The molecule has 2 rings (SSSR count). The minimum absolute atomic E-state index is 0.137. The van der Waals surface area contributed by atoms with Crippen LogP contribution in [0.25, 0.3) is 0 Å². The topological polar surface area (TPSA) is 111 Å². The summed E-state index contributed by atoms with van der Waals surface area (Å²) in [7, 11) is 1.64. The molecule has 2 aromatic heterocycles. The van der Waals surface area contributed by atoms with Crippen molar-refractivity contribution in [1.82, 2.24) is 25.2 Å². The highest BCUT2D eigenvalue weighted by atomic mass is 16.4. The lowest BCUT2D eigenvalue weighted by molar-refractivity contribution is 0.0696. The highest BCUT2D eigenvalue weighted by Crippen LogP contribution is 2.02. The molecular weight excluding hydrogens is 274 g/mol. The zero-order valence-electron chi connectivity index (χ0n) is 11.4. The first-order valence-electron chi connectivity index (χ1n) is 6.21. The third kappa shape index (κ3) is 4.03. The summed E-state index contributed by atoms with van der Waals surface area (Å²) in [5.74, 6) is -0.349. The summed E-state index contributed by atoms with van der Waals surface area (Å²) in [4.78, 5) is 35.1. The van der Waals surface area contributed by atoms with Crippen LogP contribution >= 0.6 is 0 Å². The van der Waals surface area contributed by atoms with Crippen molar-refractivity contribution in [2.24, 2.45) is 0 Å². The lowest BCUT2D eigenvalue weighted by Crippen LogP contribution is -2.36. The zero-order valence-corrected chi connectivity index (χ0v) is 11.4. The van der Waals surface area contributed by atoms with Crippen molar-refractivity contribution < 1.29 is 14.7 Å². The molecule has 2 aromatic rings. The van der Waals surface area contributed by atoms with Crippen molar-refractivity contribution in [1.29, 1.82) is 0 Å². The Balaban J connectivity index is 1.88. The fraction of sp³-hybridized carbons (Fsp3) is 0.231. The van der Waals surface area contributed by atoms with Crippen molar-refractivity contribution in [2.75, 3.05) is 7.05 Å². The number of carboxylic acids is 1. The Morgan fingerprint density at radius 1 is 1.38 bits per heavy atom. The van der Waals surface area contributed by atoms with Crippen LogP contribution < -0.4 is 5.32 Å². The van der Waals surface area contributed by atoms with E-state index in [4.69, 9.17) is 5.11 Å². The van der Waals surface area contributed by atoms with Gasteiger partial charge in [-0.15, -0.1) is 0 Å². The second kappa shape index (κ2) is 6.51. The van der Waals surface area contributed by atoms with Gasteiger partial charge in [-0.25, -0.2) is 14.6 Å². The van der Waals surface area contributed by atoms with Crippen LogP contribution in [0.5, 0.6) is 0 Å². The number of aromatic amines is 1. The number of amides is 2. The Morgan fingerprint density at radius 3 is 2.86 bits per heavy atom. The van der Waals surface area contributed by atoms with E-state index in [2.05, 4.69) is 20.3 Å². The summed E-state index contributed by atoms with van der Waals surface area (Å²) in [5, 5.41) is 11.6. The minimum atomic E-state index is -1.03. The van der Waals surface area contributed by atoms with Crippen molar-refractivity contribution in [2.45, 2.75) is 13.1 Å². The van der Waals surface area contributed by atoms with Gasteiger partial charge in [0.05, 0.1) is 24.3 Å². The highest BCUT2D eigenvalue weighted by molar-refractivity contribution is 5.87. The quantitative estimate of drug-likeness (QED) is 0.755. The molecule has 0 unspecified atom stereocenters. The molecule has 0 aliphatic carbocycles. The Hall–Kier alpha value is -2.90. The molecule has 0 spiro atoms. The van der Waals surface area contributed by atoms with Gasteiger partial charge in [-0.1, -0.05) is 0 Å². The number of pyridine rings is 1. The number of carboxylic acid groups (broad SMARTS) is 1. The van der Waals surface area contributed by atoms with Gasteiger partial charge in [0.15, 0.2) is 0 Å². The monoisotopic (exact) mass is 289 g/mol. The number of carbonyl (C=O) groups excluding carboxylic acids is 1. The van der Waals surface area contributed by atoms with Gasteiger partial charge in [0, 0.05) is 25.6 Å². The number of nitrogens with zero attached hydrogens (tertiary/aromatic N) is 3. The van der Waals surface area contributed by atoms with E-state index in [0.29, 0.717) is 18.1 Å². The zero-order chi connectivity index (χ0) is 15.2. The first-order chi connectivity index (χ1) is 10.1. The summed E-state index contributed by atoms with van der Waals surface area (Å²) in [5.41, 5.74) is 0.618. The molecule has 8 nitrogen and oxygen atoms in total. The van der Waals surface area contributed by atoms with Crippen LogP contribution in [-0.2, 0) is 13.1 Å². The molecule has 2 amide bonds. The molecule has 8 heteroatoms. The fourth-order valence-corrected chi connectivity index (χ4v) is 1.69. The van der Waals surface area contributed by atoms with Gasteiger partial charge < -0.3 is 20.3 Å². The minimum Gasteiger partial charge on any atom is -0.478 e. The van der Waals surface area contributed by atoms with Crippen LogP contribution in [0.3, 0.4) is 0 Å². The van der Waals surface area contributed by atoms with E-state index >= 15 is 0 Å². The molecule has 110 valence electrons. The van der Waals surface area contributed by atoms with E-state index in [1.165, 1.54) is 23.2 Å². The van der Waals surface area contributed by atoms with Crippen LogP contribution in [-0.4, -0.2) is 44.0 Å². The second-order valence-electron chi connectivity index (χ2n) is 4.39. The van der Waals surface area contributed by atoms with E-state index in [-0.39, 0.29) is 18.1 Å². The fourth-order valence-electron chi connectivity index (χ4n) is 1.69. The molecule has 0 atom stereocenters. The van der Waals surface area contributed by atoms with Gasteiger partial charge in [0.25, 0.3) is 0 Å². The summed E-state index contributed by atoms with van der Waals surface area (Å²) in [6.07, 6.45) is 4.70. The molecule has 0 aliphatic heterocycles. The third-order valence-electron chi connectivity index (χ3n) is 2.77. The number of imidazole rings is 1. The third-order valence-corrected chi connectivity index (χ3v) is 2.77. The molecule has 0 fully saturated rings. The summed E-state index contributed by atoms with van der Waals surface area (Å²) < 4.78 is 0. The molecular formula is C13H15N5O3. The largest absolute Gasteiger partial charge is 0.478 e. The van der Waals surface area contributed by atoms with Crippen LogP contribution in [0.4, 0.5) is 4.79 Å². The smallest absolute Gasteiger partial charge is 0.335 e. The normalized spacial score (nSPS) is 10.1. The second-order valence-corrected chi connectivity index (χ2v) is 4.39. The van der Waals surface area contributed by atoms with Gasteiger partial charge in [0.1, 0.15) is 5.82 Å². The number of aromatic nitrogens is 3.